The highest BCUT2D eigenvalue weighted by Gasteiger charge is 2.75. The predicted octanol–water partition coefficient (Wildman–Crippen LogP) is 3.87. The van der Waals surface area contributed by atoms with Gasteiger partial charge in [0.1, 0.15) is 6.61 Å². The summed E-state index contributed by atoms with van der Waals surface area (Å²) in [4.78, 5) is 26.5. The van der Waals surface area contributed by atoms with Gasteiger partial charge in [-0.25, -0.2) is 0 Å². The van der Waals surface area contributed by atoms with Crippen LogP contribution >= 0.6 is 0 Å². The van der Waals surface area contributed by atoms with Crippen LogP contribution in [0.2, 0.25) is 0 Å². The van der Waals surface area contributed by atoms with Gasteiger partial charge in [0.25, 0.3) is 0 Å². The Morgan fingerprint density at radius 2 is 2.00 bits per heavy atom. The highest BCUT2D eigenvalue weighted by molar-refractivity contribution is 6.01. The maximum Gasteiger partial charge on any atom is 0.193 e. The summed E-state index contributed by atoms with van der Waals surface area (Å²) in [6.45, 7) is 8.24. The van der Waals surface area contributed by atoms with Crippen molar-refractivity contribution in [1.29, 1.82) is 0 Å². The second-order valence-corrected chi connectivity index (χ2v) is 13.8. The van der Waals surface area contributed by atoms with Crippen molar-refractivity contribution < 1.29 is 38.7 Å². The minimum absolute atomic E-state index is 0.0198. The molecule has 0 aromatic heterocycles. The first-order valence-electron chi connectivity index (χ1n) is 15.4. The summed E-state index contributed by atoms with van der Waals surface area (Å²) in [7, 11) is 0. The maximum absolute atomic E-state index is 14.4. The van der Waals surface area contributed by atoms with Crippen LogP contribution in [0.3, 0.4) is 0 Å². The second kappa shape index (κ2) is 10.4. The lowest BCUT2D eigenvalue weighted by molar-refractivity contribution is -0.223. The standard InChI is InChI=1S/C32H46O8/c1-5-6-27-39-26-14-23-22-8-7-19-13-20(34)9-10-30(19,3)29(22)24(35)15-31(23,4)32(26,40-27)25(36)17-37-28-12-18(2)11-21(16-33)38-28/h9-10,13,18,21-24,26-29,33,35H,5-8,11-12,14-17H2,1-4H3/t18-,21-,22-,23?,24-,26+,27?,28+,29?,30?,31-,32+/m0/s1. The number of ether oxygens (including phenoxy) is 4. The fraction of sp³-hybridized carbons (Fsp3) is 0.812. The molecule has 0 aromatic rings. The van der Waals surface area contributed by atoms with Gasteiger partial charge < -0.3 is 29.2 Å². The first-order chi connectivity index (χ1) is 19.1. The van der Waals surface area contributed by atoms with Gasteiger partial charge in [0, 0.05) is 23.2 Å². The summed E-state index contributed by atoms with van der Waals surface area (Å²) < 4.78 is 25.2. The average Bonchev–Trinajstić information content (AvgIpc) is 3.39. The smallest absolute Gasteiger partial charge is 0.193 e. The lowest BCUT2D eigenvalue weighted by Gasteiger charge is -2.59. The lowest BCUT2D eigenvalue weighted by Crippen LogP contribution is -2.63. The van der Waals surface area contributed by atoms with Crippen LogP contribution in [0.15, 0.2) is 23.8 Å². The molecule has 12 atom stereocenters. The van der Waals surface area contributed by atoms with Gasteiger partial charge in [-0.1, -0.05) is 45.8 Å². The molecular weight excluding hydrogens is 512 g/mol. The fourth-order valence-electron chi connectivity index (χ4n) is 9.71. The Kier molecular flexibility index (Phi) is 7.45. The summed E-state index contributed by atoms with van der Waals surface area (Å²) in [5.41, 5.74) is -1.09. The number of carbonyl (C=O) groups excluding carboxylic acids is 2. The van der Waals surface area contributed by atoms with E-state index in [1.165, 1.54) is 0 Å². The molecule has 2 N–H and O–H groups in total. The number of aliphatic hydroxyl groups is 2. The molecule has 0 spiro atoms. The molecule has 4 unspecified atom stereocenters. The molecule has 5 fully saturated rings. The molecule has 6 aliphatic rings. The van der Waals surface area contributed by atoms with Gasteiger partial charge in [0.05, 0.1) is 24.9 Å². The number of rotatable bonds is 7. The van der Waals surface area contributed by atoms with Crippen LogP contribution in [0.4, 0.5) is 0 Å². The average molecular weight is 559 g/mol. The van der Waals surface area contributed by atoms with Crippen LogP contribution in [0.5, 0.6) is 0 Å². The number of allylic oxidation sites excluding steroid dienone is 4. The zero-order valence-electron chi connectivity index (χ0n) is 24.3. The van der Waals surface area contributed by atoms with E-state index in [-0.39, 0.29) is 54.1 Å². The maximum atomic E-state index is 14.4. The van der Waals surface area contributed by atoms with Gasteiger partial charge in [-0.15, -0.1) is 0 Å². The number of ketones is 2. The minimum Gasteiger partial charge on any atom is -0.394 e. The Morgan fingerprint density at radius 3 is 2.75 bits per heavy atom. The van der Waals surface area contributed by atoms with Crippen LogP contribution in [-0.2, 0) is 28.5 Å². The normalized spacial score (nSPS) is 49.6. The molecule has 8 heteroatoms. The number of fused-ring (bicyclic) bond motifs is 7. The van der Waals surface area contributed by atoms with Crippen molar-refractivity contribution in [2.45, 2.75) is 116 Å². The third-order valence-electron chi connectivity index (χ3n) is 11.4. The molecule has 2 aliphatic heterocycles. The molecule has 2 heterocycles. The van der Waals surface area contributed by atoms with Crippen molar-refractivity contribution in [3.63, 3.8) is 0 Å². The molecule has 0 radical (unpaired) electrons. The molecule has 0 amide bonds. The molecule has 6 rings (SSSR count). The quantitative estimate of drug-likeness (QED) is 0.485. The van der Waals surface area contributed by atoms with E-state index in [9.17, 15) is 19.8 Å². The van der Waals surface area contributed by atoms with Crippen molar-refractivity contribution >= 4 is 11.6 Å². The number of hydrogen-bond donors (Lipinski definition) is 2. The summed E-state index contributed by atoms with van der Waals surface area (Å²) in [5, 5.41) is 21.5. The Morgan fingerprint density at radius 1 is 1.20 bits per heavy atom. The molecule has 0 bridgehead atoms. The van der Waals surface area contributed by atoms with Crippen LogP contribution in [0, 0.1) is 34.5 Å². The van der Waals surface area contributed by atoms with Gasteiger partial charge in [-0.2, -0.15) is 0 Å². The van der Waals surface area contributed by atoms with Gasteiger partial charge in [-0.3, -0.25) is 9.59 Å². The van der Waals surface area contributed by atoms with E-state index in [0.29, 0.717) is 31.6 Å². The third kappa shape index (κ3) is 4.23. The van der Waals surface area contributed by atoms with E-state index in [4.69, 9.17) is 18.9 Å². The van der Waals surface area contributed by atoms with Crippen LogP contribution < -0.4 is 0 Å². The zero-order chi connectivity index (χ0) is 28.4. The minimum atomic E-state index is -1.20. The van der Waals surface area contributed by atoms with Crippen molar-refractivity contribution in [3.8, 4) is 0 Å². The number of Topliss-reactive ketones (excluding diaryl/α,β-unsaturated/α-hetero) is 1. The monoisotopic (exact) mass is 558 g/mol. The summed E-state index contributed by atoms with van der Waals surface area (Å²) in [5.74, 6) is 0.482. The van der Waals surface area contributed by atoms with Gasteiger partial charge >= 0.3 is 0 Å². The van der Waals surface area contributed by atoms with Crippen LogP contribution in [0.1, 0.15) is 79.1 Å². The Labute approximate surface area is 237 Å². The summed E-state index contributed by atoms with van der Waals surface area (Å²) in [6, 6.07) is 0. The SMILES string of the molecule is CCCC1O[C@@H]2CC3[C@@H]4CCC5=CC(=O)C=CC5(C)C4[C@@H](O)C[C@]3(C)[C@]2(C(=O)CO[C@H]2C[C@@H](C)C[C@@H](CO)O2)O1. The van der Waals surface area contributed by atoms with Crippen molar-refractivity contribution in [1.82, 2.24) is 0 Å². The van der Waals surface area contributed by atoms with Gasteiger partial charge in [-0.05, 0) is 68.4 Å². The molecule has 0 aromatic carbocycles. The Balaban J connectivity index is 1.29. The zero-order valence-corrected chi connectivity index (χ0v) is 24.3. The first-order valence-corrected chi connectivity index (χ1v) is 15.4. The lowest BCUT2D eigenvalue weighted by atomic mass is 9.46. The van der Waals surface area contributed by atoms with E-state index in [1.807, 2.05) is 6.08 Å². The highest BCUT2D eigenvalue weighted by Crippen LogP contribution is 2.69. The van der Waals surface area contributed by atoms with E-state index in [2.05, 4.69) is 27.7 Å². The molecule has 40 heavy (non-hydrogen) atoms. The van der Waals surface area contributed by atoms with Crippen molar-refractivity contribution in [2.24, 2.45) is 34.5 Å². The van der Waals surface area contributed by atoms with Crippen molar-refractivity contribution in [3.05, 3.63) is 23.8 Å². The topological polar surface area (TPSA) is 112 Å². The molecule has 4 aliphatic carbocycles. The van der Waals surface area contributed by atoms with Crippen LogP contribution in [0.25, 0.3) is 0 Å². The first kappa shape index (κ1) is 28.7. The summed E-state index contributed by atoms with van der Waals surface area (Å²) in [6.07, 6.45) is 8.91. The largest absolute Gasteiger partial charge is 0.394 e. The highest BCUT2D eigenvalue weighted by atomic mass is 16.7. The van der Waals surface area contributed by atoms with Gasteiger partial charge in [0.2, 0.25) is 0 Å². The number of aliphatic hydroxyl groups excluding tert-OH is 2. The number of hydrogen-bond acceptors (Lipinski definition) is 8. The van der Waals surface area contributed by atoms with E-state index in [1.54, 1.807) is 12.2 Å². The molecule has 2 saturated heterocycles. The van der Waals surface area contributed by atoms with E-state index < -0.39 is 35.8 Å². The molecule has 222 valence electrons. The molecular formula is C32H46O8. The van der Waals surface area contributed by atoms with Crippen LogP contribution in [-0.4, -0.2) is 71.5 Å². The Bertz CT molecular complexity index is 1080. The molecule has 8 nitrogen and oxygen atoms in total. The van der Waals surface area contributed by atoms with E-state index >= 15 is 0 Å². The fourth-order valence-corrected chi connectivity index (χ4v) is 9.71. The predicted molar refractivity (Wildman–Crippen MR) is 146 cm³/mol. The van der Waals surface area contributed by atoms with Crippen molar-refractivity contribution in [2.75, 3.05) is 13.2 Å². The Hall–Kier alpha value is -1.42. The van der Waals surface area contributed by atoms with E-state index in [0.717, 1.165) is 31.3 Å². The molecule has 3 saturated carbocycles. The summed E-state index contributed by atoms with van der Waals surface area (Å²) >= 11 is 0. The number of carbonyl (C=O) groups is 2. The van der Waals surface area contributed by atoms with Gasteiger partial charge in [0.15, 0.2) is 29.7 Å². The third-order valence-corrected chi connectivity index (χ3v) is 11.4. The second-order valence-electron chi connectivity index (χ2n) is 13.8.